The van der Waals surface area contributed by atoms with Crippen LogP contribution in [0.4, 0.5) is 19.0 Å². The SMILES string of the molecule is CN(C)S(=O)c1cccc(C(=O)Nc2ccc(-n3nc(Cc4cccnc4)cc3C(F)(F)F)cn2)c1. The van der Waals surface area contributed by atoms with Crippen molar-refractivity contribution in [2.24, 2.45) is 0 Å². The second-order valence-electron chi connectivity index (χ2n) is 7.91. The van der Waals surface area contributed by atoms with E-state index in [0.29, 0.717) is 4.90 Å². The molecule has 0 aliphatic rings. The summed E-state index contributed by atoms with van der Waals surface area (Å²) in [6.07, 6.45) is -0.104. The molecule has 0 bridgehead atoms. The van der Waals surface area contributed by atoms with Crippen LogP contribution in [0.3, 0.4) is 0 Å². The van der Waals surface area contributed by atoms with Crippen LogP contribution in [0.5, 0.6) is 0 Å². The van der Waals surface area contributed by atoms with Crippen LogP contribution in [0.15, 0.2) is 78.1 Å². The van der Waals surface area contributed by atoms with Gasteiger partial charge in [0.15, 0.2) is 0 Å². The third-order valence-electron chi connectivity index (χ3n) is 5.02. The van der Waals surface area contributed by atoms with E-state index in [-0.39, 0.29) is 29.2 Å². The molecule has 1 unspecified atom stereocenters. The Hall–Kier alpha value is -3.90. The first-order chi connectivity index (χ1) is 17.1. The number of aromatic nitrogens is 4. The molecule has 0 spiro atoms. The lowest BCUT2D eigenvalue weighted by Crippen LogP contribution is -2.17. The number of alkyl halides is 3. The Morgan fingerprint density at radius 1 is 1.08 bits per heavy atom. The number of carbonyl (C=O) groups is 1. The summed E-state index contributed by atoms with van der Waals surface area (Å²) in [5, 5.41) is 6.72. The molecule has 12 heteroatoms. The van der Waals surface area contributed by atoms with Crippen molar-refractivity contribution in [3.05, 3.63) is 95.7 Å². The number of pyridine rings is 2. The van der Waals surface area contributed by atoms with Gasteiger partial charge in [0.05, 0.1) is 22.5 Å². The van der Waals surface area contributed by atoms with Gasteiger partial charge in [-0.2, -0.15) is 18.3 Å². The lowest BCUT2D eigenvalue weighted by molar-refractivity contribution is -0.142. The third kappa shape index (κ3) is 5.83. The van der Waals surface area contributed by atoms with Crippen molar-refractivity contribution in [1.29, 1.82) is 0 Å². The number of anilines is 1. The number of hydrogen-bond donors (Lipinski definition) is 1. The third-order valence-corrected chi connectivity index (χ3v) is 6.34. The number of benzene rings is 1. The molecule has 36 heavy (non-hydrogen) atoms. The lowest BCUT2D eigenvalue weighted by Gasteiger charge is -2.11. The van der Waals surface area contributed by atoms with Crippen molar-refractivity contribution in [2.75, 3.05) is 19.4 Å². The van der Waals surface area contributed by atoms with Gasteiger partial charge in [-0.15, -0.1) is 0 Å². The van der Waals surface area contributed by atoms with Gasteiger partial charge >= 0.3 is 6.18 Å². The molecule has 0 saturated carbocycles. The van der Waals surface area contributed by atoms with E-state index in [0.717, 1.165) is 16.3 Å². The van der Waals surface area contributed by atoms with E-state index in [4.69, 9.17) is 0 Å². The minimum atomic E-state index is -4.63. The lowest BCUT2D eigenvalue weighted by atomic mass is 10.1. The number of halogens is 3. The van der Waals surface area contributed by atoms with Crippen molar-refractivity contribution in [3.8, 4) is 5.69 Å². The number of carbonyl (C=O) groups excluding carboxylic acids is 1. The summed E-state index contributed by atoms with van der Waals surface area (Å²) in [5.41, 5.74) is 0.361. The number of hydrogen-bond acceptors (Lipinski definition) is 5. The minimum absolute atomic E-state index is 0.0844. The fraction of sp³-hybridized carbons (Fsp3) is 0.167. The Kier molecular flexibility index (Phi) is 7.27. The summed E-state index contributed by atoms with van der Waals surface area (Å²) >= 11 is 0. The Morgan fingerprint density at radius 3 is 2.53 bits per heavy atom. The molecule has 0 saturated heterocycles. The van der Waals surface area contributed by atoms with E-state index in [2.05, 4.69) is 20.4 Å². The highest BCUT2D eigenvalue weighted by molar-refractivity contribution is 7.82. The maximum atomic E-state index is 13.7. The van der Waals surface area contributed by atoms with Crippen molar-refractivity contribution in [1.82, 2.24) is 24.1 Å². The zero-order valence-corrected chi connectivity index (χ0v) is 20.0. The number of amides is 1. The highest BCUT2D eigenvalue weighted by Gasteiger charge is 2.36. The molecular weight excluding hydrogens is 493 g/mol. The number of rotatable bonds is 7. The van der Waals surface area contributed by atoms with Crippen LogP contribution in [-0.2, 0) is 23.6 Å². The minimum Gasteiger partial charge on any atom is -0.307 e. The first kappa shape index (κ1) is 25.2. The fourth-order valence-corrected chi connectivity index (χ4v) is 4.20. The van der Waals surface area contributed by atoms with Gasteiger partial charge in [-0.3, -0.25) is 9.78 Å². The van der Waals surface area contributed by atoms with E-state index in [1.165, 1.54) is 28.7 Å². The monoisotopic (exact) mass is 514 g/mol. The quantitative estimate of drug-likeness (QED) is 0.401. The van der Waals surface area contributed by atoms with Crippen LogP contribution >= 0.6 is 0 Å². The standard InChI is InChI=1S/C24H21F3N6O2S/c1-32(2)36(35)20-7-3-6-17(12-20)23(34)30-22-9-8-19(15-29-22)33-21(24(25,26)27)13-18(31-33)11-16-5-4-10-28-14-16/h3-10,12-15H,11H2,1-2H3,(H,29,30,34). The first-order valence-corrected chi connectivity index (χ1v) is 11.7. The van der Waals surface area contributed by atoms with Crippen molar-refractivity contribution in [3.63, 3.8) is 0 Å². The van der Waals surface area contributed by atoms with E-state index in [9.17, 15) is 22.2 Å². The van der Waals surface area contributed by atoms with Gasteiger partial charge in [0.25, 0.3) is 5.91 Å². The van der Waals surface area contributed by atoms with Gasteiger partial charge in [0, 0.05) is 24.4 Å². The van der Waals surface area contributed by atoms with Gasteiger partial charge in [-0.25, -0.2) is 18.2 Å². The predicted molar refractivity (Wildman–Crippen MR) is 128 cm³/mol. The van der Waals surface area contributed by atoms with Gasteiger partial charge < -0.3 is 5.32 Å². The van der Waals surface area contributed by atoms with Crippen LogP contribution in [-0.4, -0.2) is 48.3 Å². The second kappa shape index (κ2) is 10.4. The van der Waals surface area contributed by atoms with Crippen molar-refractivity contribution >= 4 is 22.7 Å². The Bertz CT molecular complexity index is 1390. The van der Waals surface area contributed by atoms with E-state index in [1.54, 1.807) is 56.8 Å². The molecule has 1 N–H and O–H groups in total. The van der Waals surface area contributed by atoms with Crippen LogP contribution in [0, 0.1) is 0 Å². The molecule has 186 valence electrons. The van der Waals surface area contributed by atoms with Crippen molar-refractivity contribution < 1.29 is 22.2 Å². The van der Waals surface area contributed by atoms with Gasteiger partial charge in [-0.1, -0.05) is 12.1 Å². The first-order valence-electron chi connectivity index (χ1n) is 10.6. The molecule has 8 nitrogen and oxygen atoms in total. The molecule has 4 aromatic rings. The second-order valence-corrected chi connectivity index (χ2v) is 9.61. The molecule has 3 heterocycles. The van der Waals surface area contributed by atoms with E-state index < -0.39 is 28.8 Å². The highest BCUT2D eigenvalue weighted by Crippen LogP contribution is 2.32. The zero-order valence-electron chi connectivity index (χ0n) is 19.2. The van der Waals surface area contributed by atoms with Gasteiger partial charge in [0.2, 0.25) is 0 Å². The molecule has 1 atom stereocenters. The summed E-state index contributed by atoms with van der Waals surface area (Å²) in [7, 11) is 1.88. The zero-order chi connectivity index (χ0) is 25.9. The Balaban J connectivity index is 1.55. The summed E-state index contributed by atoms with van der Waals surface area (Å²) < 4.78 is 55.6. The highest BCUT2D eigenvalue weighted by atomic mass is 32.2. The fourth-order valence-electron chi connectivity index (χ4n) is 3.36. The van der Waals surface area contributed by atoms with E-state index >= 15 is 0 Å². The smallest absolute Gasteiger partial charge is 0.307 e. The molecule has 0 aliphatic carbocycles. The normalized spacial score (nSPS) is 12.5. The molecule has 4 rings (SSSR count). The molecule has 0 fully saturated rings. The molecule has 3 aromatic heterocycles. The van der Waals surface area contributed by atoms with Gasteiger partial charge in [0.1, 0.15) is 22.5 Å². The summed E-state index contributed by atoms with van der Waals surface area (Å²) in [6, 6.07) is 13.5. The molecule has 0 radical (unpaired) electrons. The number of nitrogens with one attached hydrogen (secondary N) is 1. The largest absolute Gasteiger partial charge is 0.433 e. The average Bonchev–Trinajstić information content (AvgIpc) is 3.29. The number of nitrogens with zero attached hydrogens (tertiary/aromatic N) is 5. The van der Waals surface area contributed by atoms with Crippen molar-refractivity contribution in [2.45, 2.75) is 17.5 Å². The average molecular weight is 515 g/mol. The van der Waals surface area contributed by atoms with Crippen LogP contribution in [0.1, 0.15) is 27.3 Å². The van der Waals surface area contributed by atoms with Crippen LogP contribution in [0.2, 0.25) is 0 Å². The maximum absolute atomic E-state index is 13.7. The van der Waals surface area contributed by atoms with Crippen LogP contribution in [0.25, 0.3) is 5.69 Å². The molecular formula is C24H21F3N6O2S. The summed E-state index contributed by atoms with van der Waals surface area (Å²) in [5.74, 6) is -0.360. The Labute approximate surface area is 207 Å². The Morgan fingerprint density at radius 2 is 1.89 bits per heavy atom. The van der Waals surface area contributed by atoms with Crippen LogP contribution < -0.4 is 5.32 Å². The summed E-state index contributed by atoms with van der Waals surface area (Å²) in [4.78, 5) is 21.2. The molecule has 0 aliphatic heterocycles. The maximum Gasteiger partial charge on any atom is 0.433 e. The van der Waals surface area contributed by atoms with Gasteiger partial charge in [-0.05, 0) is 62.1 Å². The van der Waals surface area contributed by atoms with E-state index in [1.807, 2.05) is 0 Å². The predicted octanol–water partition coefficient (Wildman–Crippen LogP) is 4.11. The summed E-state index contributed by atoms with van der Waals surface area (Å²) in [6.45, 7) is 0. The molecule has 1 amide bonds. The molecule has 1 aromatic carbocycles. The topological polar surface area (TPSA) is 93.0 Å².